The zero-order chi connectivity index (χ0) is 12.5. The monoisotopic (exact) mass is 242 g/mol. The number of hydrogen-bond donors (Lipinski definition) is 0. The summed E-state index contributed by atoms with van der Waals surface area (Å²) < 4.78 is 28.2. The molecule has 1 aromatic heterocycles. The van der Waals surface area contributed by atoms with Gasteiger partial charge in [-0.3, -0.25) is 0 Å². The highest BCUT2D eigenvalue weighted by atomic mass is 19.3. The first-order valence-electron chi connectivity index (χ1n) is 6.37. The molecule has 0 saturated heterocycles. The van der Waals surface area contributed by atoms with Crippen molar-refractivity contribution in [3.05, 3.63) is 18.2 Å². The molecular weight excluding hydrogens is 222 g/mol. The van der Waals surface area contributed by atoms with Crippen LogP contribution in [0.4, 0.5) is 8.78 Å². The topological polar surface area (TPSA) is 17.8 Å². The predicted molar refractivity (Wildman–Crippen MR) is 63.2 cm³/mol. The van der Waals surface area contributed by atoms with Crippen LogP contribution in [0.25, 0.3) is 0 Å². The molecule has 17 heavy (non-hydrogen) atoms. The minimum absolute atomic E-state index is 0.0681. The van der Waals surface area contributed by atoms with E-state index in [2.05, 4.69) is 23.4 Å². The van der Waals surface area contributed by atoms with Gasteiger partial charge in [0.2, 0.25) is 5.92 Å². The van der Waals surface area contributed by atoms with E-state index in [1.807, 2.05) is 6.20 Å². The molecule has 0 aromatic carbocycles. The molecular formula is C13H20F2N2. The lowest BCUT2D eigenvalue weighted by atomic mass is 10.0. The van der Waals surface area contributed by atoms with Crippen LogP contribution in [0.1, 0.15) is 51.3 Å². The van der Waals surface area contributed by atoms with E-state index in [0.29, 0.717) is 12.3 Å². The molecule has 96 valence electrons. The number of rotatable bonds is 4. The highest BCUT2D eigenvalue weighted by Crippen LogP contribution is 2.40. The lowest BCUT2D eigenvalue weighted by molar-refractivity contribution is 0.00455. The van der Waals surface area contributed by atoms with Crippen molar-refractivity contribution in [3.63, 3.8) is 0 Å². The van der Waals surface area contributed by atoms with Gasteiger partial charge in [0, 0.05) is 37.7 Å². The molecule has 2 rings (SSSR count). The first-order chi connectivity index (χ1) is 7.98. The molecule has 0 amide bonds. The molecule has 1 heterocycles. The standard InChI is InChI=1S/C13H20F2N2/c1-10(2)12-16-6-8-17(12)7-4-11-3-5-13(14,15)9-11/h6,8,10-11H,3-5,7,9H2,1-2H3/t11-/m1/s1. The van der Waals surface area contributed by atoms with E-state index in [0.717, 1.165) is 18.8 Å². The van der Waals surface area contributed by atoms with Crippen molar-refractivity contribution in [1.82, 2.24) is 9.55 Å². The molecule has 0 spiro atoms. The van der Waals surface area contributed by atoms with Crippen LogP contribution < -0.4 is 0 Å². The summed E-state index contributed by atoms with van der Waals surface area (Å²) in [6, 6.07) is 0. The van der Waals surface area contributed by atoms with Crippen LogP contribution in [-0.2, 0) is 6.54 Å². The third kappa shape index (κ3) is 3.05. The Morgan fingerprint density at radius 1 is 1.53 bits per heavy atom. The Balaban J connectivity index is 1.88. The summed E-state index contributed by atoms with van der Waals surface area (Å²) >= 11 is 0. The average Bonchev–Trinajstić information content (AvgIpc) is 2.81. The summed E-state index contributed by atoms with van der Waals surface area (Å²) in [5.74, 6) is -0.808. The first-order valence-corrected chi connectivity index (χ1v) is 6.37. The predicted octanol–water partition coefficient (Wildman–Crippen LogP) is 3.83. The van der Waals surface area contributed by atoms with Crippen molar-refractivity contribution in [3.8, 4) is 0 Å². The van der Waals surface area contributed by atoms with Crippen LogP contribution in [0, 0.1) is 5.92 Å². The summed E-state index contributed by atoms with van der Waals surface area (Å²) in [6.07, 6.45) is 5.38. The van der Waals surface area contributed by atoms with Crippen LogP contribution in [0.15, 0.2) is 12.4 Å². The van der Waals surface area contributed by atoms with Crippen molar-refractivity contribution < 1.29 is 8.78 Å². The number of alkyl halides is 2. The van der Waals surface area contributed by atoms with Gasteiger partial charge in [0.05, 0.1) is 0 Å². The summed E-state index contributed by atoms with van der Waals surface area (Å²) in [6.45, 7) is 5.01. The summed E-state index contributed by atoms with van der Waals surface area (Å²) in [5.41, 5.74) is 0. The van der Waals surface area contributed by atoms with E-state index in [1.165, 1.54) is 0 Å². The molecule has 1 saturated carbocycles. The van der Waals surface area contributed by atoms with E-state index in [-0.39, 0.29) is 18.8 Å². The highest BCUT2D eigenvalue weighted by molar-refractivity contribution is 4.97. The number of nitrogens with zero attached hydrogens (tertiary/aromatic N) is 2. The first kappa shape index (κ1) is 12.5. The second-order valence-electron chi connectivity index (χ2n) is 5.39. The minimum atomic E-state index is -2.42. The van der Waals surface area contributed by atoms with Crippen LogP contribution in [0.2, 0.25) is 0 Å². The Labute approximate surface area is 101 Å². The summed E-state index contributed by atoms with van der Waals surface area (Å²) in [7, 11) is 0. The molecule has 0 aliphatic heterocycles. The normalized spacial score (nSPS) is 23.5. The minimum Gasteiger partial charge on any atom is -0.335 e. The second kappa shape index (κ2) is 4.75. The fraction of sp³-hybridized carbons (Fsp3) is 0.769. The van der Waals surface area contributed by atoms with Gasteiger partial charge in [-0.05, 0) is 18.8 Å². The van der Waals surface area contributed by atoms with E-state index >= 15 is 0 Å². The SMILES string of the molecule is CC(C)c1nccn1CC[C@H]1CCC(F)(F)C1. The smallest absolute Gasteiger partial charge is 0.248 e. The van der Waals surface area contributed by atoms with E-state index in [4.69, 9.17) is 0 Å². The van der Waals surface area contributed by atoms with Crippen molar-refractivity contribution >= 4 is 0 Å². The molecule has 0 radical (unpaired) electrons. The van der Waals surface area contributed by atoms with Gasteiger partial charge in [-0.1, -0.05) is 13.8 Å². The van der Waals surface area contributed by atoms with Crippen LogP contribution >= 0.6 is 0 Å². The van der Waals surface area contributed by atoms with Crippen molar-refractivity contribution in [2.45, 2.75) is 57.9 Å². The lowest BCUT2D eigenvalue weighted by Crippen LogP contribution is -2.11. The molecule has 0 unspecified atom stereocenters. The maximum absolute atomic E-state index is 13.0. The molecule has 1 atom stereocenters. The number of imidazole rings is 1. The van der Waals surface area contributed by atoms with Crippen molar-refractivity contribution in [2.75, 3.05) is 0 Å². The van der Waals surface area contributed by atoms with Gasteiger partial charge in [-0.15, -0.1) is 0 Å². The Morgan fingerprint density at radius 3 is 2.88 bits per heavy atom. The van der Waals surface area contributed by atoms with Crippen LogP contribution in [0.5, 0.6) is 0 Å². The highest BCUT2D eigenvalue weighted by Gasteiger charge is 2.38. The van der Waals surface area contributed by atoms with Gasteiger partial charge in [-0.25, -0.2) is 13.8 Å². The molecule has 1 fully saturated rings. The number of halogens is 2. The van der Waals surface area contributed by atoms with Crippen LogP contribution in [0.3, 0.4) is 0 Å². The third-order valence-corrected chi connectivity index (χ3v) is 3.55. The van der Waals surface area contributed by atoms with Gasteiger partial charge in [-0.2, -0.15) is 0 Å². The van der Waals surface area contributed by atoms with Gasteiger partial charge in [0.1, 0.15) is 5.82 Å². The molecule has 1 aliphatic rings. The average molecular weight is 242 g/mol. The third-order valence-electron chi connectivity index (χ3n) is 3.55. The maximum atomic E-state index is 13.0. The molecule has 0 N–H and O–H groups in total. The molecule has 1 aromatic rings. The Hall–Kier alpha value is -0.930. The lowest BCUT2D eigenvalue weighted by Gasteiger charge is -2.13. The molecule has 0 bridgehead atoms. The summed E-state index contributed by atoms with van der Waals surface area (Å²) in [4.78, 5) is 4.30. The Bertz CT molecular complexity index is 371. The van der Waals surface area contributed by atoms with Gasteiger partial charge >= 0.3 is 0 Å². The quantitative estimate of drug-likeness (QED) is 0.784. The number of aryl methyl sites for hydroxylation is 1. The van der Waals surface area contributed by atoms with Crippen molar-refractivity contribution in [1.29, 1.82) is 0 Å². The number of aromatic nitrogens is 2. The van der Waals surface area contributed by atoms with Gasteiger partial charge in [0.25, 0.3) is 0 Å². The Morgan fingerprint density at radius 2 is 2.29 bits per heavy atom. The maximum Gasteiger partial charge on any atom is 0.248 e. The zero-order valence-electron chi connectivity index (χ0n) is 10.5. The molecule has 4 heteroatoms. The van der Waals surface area contributed by atoms with E-state index < -0.39 is 5.92 Å². The second-order valence-corrected chi connectivity index (χ2v) is 5.39. The fourth-order valence-corrected chi connectivity index (χ4v) is 2.62. The zero-order valence-corrected chi connectivity index (χ0v) is 10.5. The fourth-order valence-electron chi connectivity index (χ4n) is 2.62. The summed E-state index contributed by atoms with van der Waals surface area (Å²) in [5, 5.41) is 0. The van der Waals surface area contributed by atoms with E-state index in [1.54, 1.807) is 6.20 Å². The van der Waals surface area contributed by atoms with Gasteiger partial charge < -0.3 is 4.57 Å². The largest absolute Gasteiger partial charge is 0.335 e. The van der Waals surface area contributed by atoms with Crippen LogP contribution in [-0.4, -0.2) is 15.5 Å². The van der Waals surface area contributed by atoms with Gasteiger partial charge in [0.15, 0.2) is 0 Å². The molecule has 1 aliphatic carbocycles. The van der Waals surface area contributed by atoms with Crippen molar-refractivity contribution in [2.24, 2.45) is 5.92 Å². The molecule has 2 nitrogen and oxygen atoms in total. The van der Waals surface area contributed by atoms with E-state index in [9.17, 15) is 8.78 Å². The number of hydrogen-bond acceptors (Lipinski definition) is 1. The Kier molecular flexibility index (Phi) is 3.50.